The summed E-state index contributed by atoms with van der Waals surface area (Å²) in [6.45, 7) is -0.262. The zero-order valence-corrected chi connectivity index (χ0v) is 7.78. The highest BCUT2D eigenvalue weighted by atomic mass is 16.7. The first-order valence-corrected chi connectivity index (χ1v) is 4.45. The second-order valence-electron chi connectivity index (χ2n) is 3.45. The number of hydroxylamine groups is 1. The molecule has 0 unspecified atom stereocenters. The van der Waals surface area contributed by atoms with Crippen molar-refractivity contribution >= 4 is 11.9 Å². The highest BCUT2D eigenvalue weighted by molar-refractivity contribution is 5.83. The minimum absolute atomic E-state index is 0.273. The van der Waals surface area contributed by atoms with Crippen molar-refractivity contribution in [3.63, 3.8) is 0 Å². The van der Waals surface area contributed by atoms with Crippen LogP contribution in [0.1, 0.15) is 19.3 Å². The number of nitrogens with two attached hydrogens (primary N) is 1. The minimum Gasteiger partial charge on any atom is -0.479 e. The van der Waals surface area contributed by atoms with Gasteiger partial charge in [0.2, 0.25) is 0 Å². The van der Waals surface area contributed by atoms with Crippen LogP contribution in [0.25, 0.3) is 0 Å². The first kappa shape index (κ1) is 10.9. The van der Waals surface area contributed by atoms with Gasteiger partial charge >= 0.3 is 5.97 Å². The van der Waals surface area contributed by atoms with Gasteiger partial charge in [-0.3, -0.25) is 9.63 Å². The van der Waals surface area contributed by atoms with Gasteiger partial charge in [-0.2, -0.15) is 0 Å². The molecule has 4 N–H and O–H groups in total. The molecule has 14 heavy (non-hydrogen) atoms. The van der Waals surface area contributed by atoms with E-state index in [1.165, 1.54) is 0 Å². The Balaban J connectivity index is 2.30. The molecule has 6 heteroatoms. The summed E-state index contributed by atoms with van der Waals surface area (Å²) in [4.78, 5) is 26.0. The Kier molecular flexibility index (Phi) is 3.43. The average molecular weight is 202 g/mol. The third-order valence-electron chi connectivity index (χ3n) is 2.54. The molecule has 0 bridgehead atoms. The highest BCUT2D eigenvalue weighted by Crippen LogP contribution is 2.39. The first-order valence-electron chi connectivity index (χ1n) is 4.45. The Labute approximate surface area is 81.4 Å². The lowest BCUT2D eigenvalue weighted by atomic mass is 9.68. The van der Waals surface area contributed by atoms with E-state index in [2.05, 4.69) is 10.3 Å². The lowest BCUT2D eigenvalue weighted by Crippen LogP contribution is -2.50. The largest absolute Gasteiger partial charge is 0.479 e. The Morgan fingerprint density at radius 1 is 1.50 bits per heavy atom. The van der Waals surface area contributed by atoms with Gasteiger partial charge in [0.1, 0.15) is 0 Å². The number of carboxylic acids is 1. The summed E-state index contributed by atoms with van der Waals surface area (Å²) < 4.78 is 0. The van der Waals surface area contributed by atoms with Crippen molar-refractivity contribution in [1.29, 1.82) is 0 Å². The van der Waals surface area contributed by atoms with Crippen LogP contribution in [-0.4, -0.2) is 30.1 Å². The van der Waals surface area contributed by atoms with E-state index in [9.17, 15) is 9.59 Å². The molecule has 0 atom stereocenters. The van der Waals surface area contributed by atoms with Gasteiger partial charge in [-0.15, -0.1) is 0 Å². The first-order chi connectivity index (χ1) is 6.60. The van der Waals surface area contributed by atoms with Crippen LogP contribution >= 0.6 is 0 Å². The van der Waals surface area contributed by atoms with E-state index in [-0.39, 0.29) is 12.5 Å². The Morgan fingerprint density at radius 2 is 2.14 bits per heavy atom. The molecule has 1 amide bonds. The summed E-state index contributed by atoms with van der Waals surface area (Å²) >= 11 is 0. The topological polar surface area (TPSA) is 102 Å². The normalized spacial score (nSPS) is 18.4. The van der Waals surface area contributed by atoms with E-state index in [1.807, 2.05) is 0 Å². The molecule has 6 nitrogen and oxygen atoms in total. The Bertz CT molecular complexity index is 232. The smallest absolute Gasteiger partial charge is 0.332 e. The van der Waals surface area contributed by atoms with Crippen molar-refractivity contribution in [1.82, 2.24) is 5.48 Å². The predicted molar refractivity (Wildman–Crippen MR) is 47.1 cm³/mol. The lowest BCUT2D eigenvalue weighted by Gasteiger charge is -2.38. The molecule has 1 rings (SSSR count). The number of aliphatic carboxylic acids is 1. The molecular weight excluding hydrogens is 188 g/mol. The van der Waals surface area contributed by atoms with Crippen LogP contribution in [-0.2, 0) is 14.4 Å². The van der Waals surface area contributed by atoms with Crippen molar-refractivity contribution < 1.29 is 19.5 Å². The number of rotatable bonds is 5. The van der Waals surface area contributed by atoms with Crippen LogP contribution < -0.4 is 11.2 Å². The van der Waals surface area contributed by atoms with Crippen LogP contribution in [0.5, 0.6) is 0 Å². The second kappa shape index (κ2) is 4.39. The molecule has 1 aliphatic rings. The third kappa shape index (κ3) is 2.21. The molecule has 1 fully saturated rings. The van der Waals surface area contributed by atoms with Gasteiger partial charge in [0.05, 0.1) is 5.41 Å². The van der Waals surface area contributed by atoms with Crippen molar-refractivity contribution in [3.05, 3.63) is 0 Å². The van der Waals surface area contributed by atoms with Gasteiger partial charge in [-0.1, -0.05) is 6.42 Å². The zero-order chi connectivity index (χ0) is 10.6. The number of carbonyl (C=O) groups is 2. The van der Waals surface area contributed by atoms with E-state index in [1.54, 1.807) is 0 Å². The summed E-state index contributed by atoms with van der Waals surface area (Å²) in [6.07, 6.45) is 2.46. The SMILES string of the molecule is NCC1(C(=O)NOCC(=O)O)CCC1. The monoisotopic (exact) mass is 202 g/mol. The van der Waals surface area contributed by atoms with Crippen LogP contribution in [0.4, 0.5) is 0 Å². The van der Waals surface area contributed by atoms with Crippen LogP contribution in [0.3, 0.4) is 0 Å². The van der Waals surface area contributed by atoms with Crippen LogP contribution in [0.15, 0.2) is 0 Å². The van der Waals surface area contributed by atoms with Crippen molar-refractivity contribution in [2.24, 2.45) is 11.1 Å². The van der Waals surface area contributed by atoms with Crippen molar-refractivity contribution in [3.8, 4) is 0 Å². The number of hydrogen-bond donors (Lipinski definition) is 3. The number of nitrogens with one attached hydrogen (secondary N) is 1. The molecule has 0 aromatic heterocycles. The molecular formula is C8H14N2O4. The molecule has 0 saturated heterocycles. The summed E-state index contributed by atoms with van der Waals surface area (Å²) in [6, 6.07) is 0. The van der Waals surface area contributed by atoms with E-state index in [0.29, 0.717) is 0 Å². The molecule has 1 saturated carbocycles. The molecule has 80 valence electrons. The molecule has 0 radical (unpaired) electrons. The van der Waals surface area contributed by atoms with E-state index >= 15 is 0 Å². The number of carboxylic acid groups (broad SMARTS) is 1. The number of amides is 1. The van der Waals surface area contributed by atoms with Crippen LogP contribution in [0, 0.1) is 5.41 Å². The fourth-order valence-corrected chi connectivity index (χ4v) is 1.40. The van der Waals surface area contributed by atoms with Gasteiger partial charge in [0.25, 0.3) is 5.91 Å². The fraction of sp³-hybridized carbons (Fsp3) is 0.750. The maximum Gasteiger partial charge on any atom is 0.332 e. The second-order valence-corrected chi connectivity index (χ2v) is 3.45. The van der Waals surface area contributed by atoms with Crippen molar-refractivity contribution in [2.75, 3.05) is 13.2 Å². The third-order valence-corrected chi connectivity index (χ3v) is 2.54. The average Bonchev–Trinajstić information content (AvgIpc) is 2.02. The fourth-order valence-electron chi connectivity index (χ4n) is 1.40. The predicted octanol–water partition coefficient (Wildman–Crippen LogP) is -0.752. The molecule has 0 spiro atoms. The van der Waals surface area contributed by atoms with Gasteiger partial charge in [0.15, 0.2) is 6.61 Å². The lowest BCUT2D eigenvalue weighted by molar-refractivity contribution is -0.156. The molecule has 0 heterocycles. The zero-order valence-electron chi connectivity index (χ0n) is 7.78. The quantitative estimate of drug-likeness (QED) is 0.509. The van der Waals surface area contributed by atoms with E-state index < -0.39 is 18.0 Å². The highest BCUT2D eigenvalue weighted by Gasteiger charge is 2.43. The Hall–Kier alpha value is -1.14. The Morgan fingerprint density at radius 3 is 2.50 bits per heavy atom. The van der Waals surface area contributed by atoms with Crippen molar-refractivity contribution in [2.45, 2.75) is 19.3 Å². The van der Waals surface area contributed by atoms with E-state index in [0.717, 1.165) is 19.3 Å². The maximum atomic E-state index is 11.5. The van der Waals surface area contributed by atoms with Crippen LogP contribution in [0.2, 0.25) is 0 Å². The standard InChI is InChI=1S/C8H14N2O4/c9-5-8(2-1-3-8)7(13)10-14-4-6(11)12/h1-5,9H2,(H,10,13)(H,11,12). The van der Waals surface area contributed by atoms with Gasteiger partial charge in [0, 0.05) is 6.54 Å². The number of hydrogen-bond acceptors (Lipinski definition) is 4. The minimum atomic E-state index is -1.12. The maximum absolute atomic E-state index is 11.5. The summed E-state index contributed by atoms with van der Waals surface area (Å²) in [5.74, 6) is -1.44. The van der Waals surface area contributed by atoms with E-state index in [4.69, 9.17) is 10.8 Å². The van der Waals surface area contributed by atoms with Gasteiger partial charge in [-0.25, -0.2) is 10.3 Å². The summed E-state index contributed by atoms with van der Waals surface area (Å²) in [5.41, 5.74) is 7.05. The summed E-state index contributed by atoms with van der Waals surface area (Å²) in [5, 5.41) is 8.26. The molecule has 0 aliphatic heterocycles. The molecule has 1 aliphatic carbocycles. The van der Waals surface area contributed by atoms with Gasteiger partial charge < -0.3 is 10.8 Å². The molecule has 0 aromatic carbocycles. The molecule has 0 aromatic rings. The summed E-state index contributed by atoms with van der Waals surface area (Å²) in [7, 11) is 0. The number of carbonyl (C=O) groups excluding carboxylic acids is 1. The van der Waals surface area contributed by atoms with Gasteiger partial charge in [-0.05, 0) is 12.8 Å².